The van der Waals surface area contributed by atoms with Crippen molar-refractivity contribution in [3.8, 4) is 0 Å². The van der Waals surface area contributed by atoms with Crippen molar-refractivity contribution in [2.45, 2.75) is 26.2 Å². The van der Waals surface area contributed by atoms with E-state index in [9.17, 15) is 4.79 Å². The Morgan fingerprint density at radius 2 is 2.18 bits per heavy atom. The van der Waals surface area contributed by atoms with Crippen molar-refractivity contribution in [1.82, 2.24) is 5.43 Å². The van der Waals surface area contributed by atoms with Crippen molar-refractivity contribution in [1.29, 1.82) is 0 Å². The van der Waals surface area contributed by atoms with Crippen LogP contribution in [0.3, 0.4) is 0 Å². The van der Waals surface area contributed by atoms with Crippen LogP contribution in [-0.4, -0.2) is 11.5 Å². The van der Waals surface area contributed by atoms with Crippen LogP contribution in [0.25, 0.3) is 0 Å². The molecule has 3 nitrogen and oxygen atoms in total. The molecule has 0 atom stereocenters. The summed E-state index contributed by atoms with van der Waals surface area (Å²) in [6.07, 6.45) is 2.52. The largest absolute Gasteiger partial charge is 0.294 e. The van der Waals surface area contributed by atoms with Crippen molar-refractivity contribution >= 4 is 11.5 Å². The third-order valence-electron chi connectivity index (χ3n) is 2.07. The second-order valence-corrected chi connectivity index (χ2v) is 2.88. The molecule has 0 amide bonds. The van der Waals surface area contributed by atoms with E-state index in [0.29, 0.717) is 6.42 Å². The van der Waals surface area contributed by atoms with Gasteiger partial charge in [0.25, 0.3) is 0 Å². The van der Waals surface area contributed by atoms with E-state index in [1.807, 2.05) is 6.92 Å². The van der Waals surface area contributed by atoms with Crippen LogP contribution < -0.4 is 5.43 Å². The lowest BCUT2D eigenvalue weighted by Gasteiger charge is -2.10. The minimum atomic E-state index is 0.216. The summed E-state index contributed by atoms with van der Waals surface area (Å²) in [5, 5.41) is 3.94. The quantitative estimate of drug-likeness (QED) is 0.506. The van der Waals surface area contributed by atoms with E-state index in [1.54, 1.807) is 0 Å². The van der Waals surface area contributed by atoms with E-state index < -0.39 is 0 Å². The molecule has 1 aliphatic heterocycles. The Morgan fingerprint density at radius 1 is 1.36 bits per heavy atom. The molecule has 1 heterocycles. The molecule has 2 aliphatic rings. The number of fused-ring (bicyclic) bond motifs is 1. The average molecular weight is 149 g/mol. The monoisotopic (exact) mass is 149 g/mol. The Morgan fingerprint density at radius 3 is 2.91 bits per heavy atom. The first kappa shape index (κ1) is 6.58. The summed E-state index contributed by atoms with van der Waals surface area (Å²) in [7, 11) is 0. The van der Waals surface area contributed by atoms with Crippen molar-refractivity contribution in [3.05, 3.63) is 11.3 Å². The van der Waals surface area contributed by atoms with Gasteiger partial charge in [-0.3, -0.25) is 4.79 Å². The van der Waals surface area contributed by atoms with E-state index in [2.05, 4.69) is 10.5 Å². The smallest absolute Gasteiger partial charge is 0.166 e. The molecule has 0 aromatic carbocycles. The molecule has 57 valence electrons. The van der Waals surface area contributed by atoms with Gasteiger partial charge in [0, 0.05) is 6.42 Å². The van der Waals surface area contributed by atoms with E-state index in [-0.39, 0.29) is 5.78 Å². The maximum atomic E-state index is 11.3. The zero-order valence-electron chi connectivity index (χ0n) is 6.42. The predicted molar refractivity (Wildman–Crippen MR) is 41.1 cm³/mol. The van der Waals surface area contributed by atoms with Gasteiger partial charge in [-0.1, -0.05) is 0 Å². The standard InChI is InChI=1S/C8H9N2O/c1-5-8-6(10-9-5)3-2-4-7(8)11/h2-4H2,1H3. The van der Waals surface area contributed by atoms with Crippen LogP contribution in [0.5, 0.6) is 0 Å². The highest BCUT2D eigenvalue weighted by molar-refractivity contribution is 6.25. The third kappa shape index (κ3) is 0.878. The Bertz CT molecular complexity index is 276. The molecule has 0 saturated heterocycles. The van der Waals surface area contributed by atoms with Crippen molar-refractivity contribution in [3.63, 3.8) is 0 Å². The van der Waals surface area contributed by atoms with E-state index in [0.717, 1.165) is 29.8 Å². The first-order valence-corrected chi connectivity index (χ1v) is 3.81. The summed E-state index contributed by atoms with van der Waals surface area (Å²) in [6.45, 7) is 1.84. The van der Waals surface area contributed by atoms with Gasteiger partial charge in [-0.2, -0.15) is 10.5 Å². The van der Waals surface area contributed by atoms with Gasteiger partial charge in [0.1, 0.15) is 0 Å². The summed E-state index contributed by atoms with van der Waals surface area (Å²) in [6, 6.07) is 0. The Kier molecular flexibility index (Phi) is 1.31. The summed E-state index contributed by atoms with van der Waals surface area (Å²) in [5.41, 5.74) is 6.36. The molecule has 1 radical (unpaired) electrons. The number of hydrogen-bond donors (Lipinski definition) is 0. The van der Waals surface area contributed by atoms with Crippen LogP contribution in [0, 0.1) is 0 Å². The lowest BCUT2D eigenvalue weighted by molar-refractivity contribution is -0.115. The fraction of sp³-hybridized carbons (Fsp3) is 0.500. The molecule has 1 fully saturated rings. The van der Waals surface area contributed by atoms with Gasteiger partial charge < -0.3 is 0 Å². The maximum absolute atomic E-state index is 11.3. The highest BCUT2D eigenvalue weighted by atomic mass is 16.1. The number of nitrogens with zero attached hydrogens (tertiary/aromatic N) is 2. The van der Waals surface area contributed by atoms with Crippen molar-refractivity contribution < 1.29 is 4.79 Å². The normalized spacial score (nSPS) is 23.0. The van der Waals surface area contributed by atoms with E-state index >= 15 is 0 Å². The second kappa shape index (κ2) is 2.19. The van der Waals surface area contributed by atoms with Gasteiger partial charge in [-0.05, 0) is 19.8 Å². The number of allylic oxidation sites excluding steroid dienone is 2. The van der Waals surface area contributed by atoms with Gasteiger partial charge in [0.05, 0.1) is 17.0 Å². The molecular weight excluding hydrogens is 140 g/mol. The molecule has 2 rings (SSSR count). The summed E-state index contributed by atoms with van der Waals surface area (Å²) in [4.78, 5) is 11.3. The number of carbonyl (C=O) groups excluding carboxylic acids is 1. The number of Topliss-reactive ketones (excluding diaryl/α,β-unsaturated/α-hetero) is 1. The van der Waals surface area contributed by atoms with Gasteiger partial charge >= 0.3 is 0 Å². The summed E-state index contributed by atoms with van der Waals surface area (Å²) < 4.78 is 0. The second-order valence-electron chi connectivity index (χ2n) is 2.88. The zero-order chi connectivity index (χ0) is 7.84. The van der Waals surface area contributed by atoms with Gasteiger partial charge in [-0.25, -0.2) is 0 Å². The maximum Gasteiger partial charge on any atom is 0.166 e. The molecule has 0 spiro atoms. The molecule has 0 unspecified atom stereocenters. The SMILES string of the molecule is CC1=C2C(=O)CCCC2=N[N]1. The highest BCUT2D eigenvalue weighted by Gasteiger charge is 2.27. The van der Waals surface area contributed by atoms with Gasteiger partial charge in [-0.15, -0.1) is 0 Å². The fourth-order valence-corrected chi connectivity index (χ4v) is 1.52. The van der Waals surface area contributed by atoms with E-state index in [4.69, 9.17) is 0 Å². The lowest BCUT2D eigenvalue weighted by Crippen LogP contribution is -2.17. The molecule has 1 saturated carbocycles. The minimum Gasteiger partial charge on any atom is -0.294 e. The predicted octanol–water partition coefficient (Wildman–Crippen LogP) is 0.987. The number of carbonyl (C=O) groups is 1. The van der Waals surface area contributed by atoms with Crippen LogP contribution >= 0.6 is 0 Å². The molecule has 1 aliphatic carbocycles. The van der Waals surface area contributed by atoms with Crippen molar-refractivity contribution in [2.75, 3.05) is 0 Å². The average Bonchev–Trinajstić information content (AvgIpc) is 2.34. The van der Waals surface area contributed by atoms with Crippen molar-refractivity contribution in [2.24, 2.45) is 5.10 Å². The molecule has 0 bridgehead atoms. The van der Waals surface area contributed by atoms with Gasteiger partial charge in [0.15, 0.2) is 5.78 Å². The van der Waals surface area contributed by atoms with Crippen LogP contribution in [-0.2, 0) is 4.79 Å². The lowest BCUT2D eigenvalue weighted by atomic mass is 9.91. The zero-order valence-corrected chi connectivity index (χ0v) is 6.42. The topological polar surface area (TPSA) is 43.5 Å². The number of hydrogen-bond acceptors (Lipinski definition) is 2. The number of ketones is 1. The first-order chi connectivity index (χ1) is 5.29. The molecule has 3 heteroatoms. The fourth-order valence-electron chi connectivity index (χ4n) is 1.52. The Hall–Kier alpha value is -1.12. The van der Waals surface area contributed by atoms with Gasteiger partial charge in [0.2, 0.25) is 0 Å². The van der Waals surface area contributed by atoms with E-state index in [1.165, 1.54) is 0 Å². The minimum absolute atomic E-state index is 0.216. The molecule has 0 aromatic rings. The highest BCUT2D eigenvalue weighted by Crippen LogP contribution is 2.23. The number of rotatable bonds is 0. The van der Waals surface area contributed by atoms with Crippen LogP contribution in [0.4, 0.5) is 0 Å². The van der Waals surface area contributed by atoms with Crippen LogP contribution in [0.15, 0.2) is 16.4 Å². The Balaban J connectivity index is 2.41. The third-order valence-corrected chi connectivity index (χ3v) is 2.07. The summed E-state index contributed by atoms with van der Waals surface area (Å²) in [5.74, 6) is 0.216. The molecule has 0 N–H and O–H groups in total. The Labute approximate surface area is 65.2 Å². The molecule has 11 heavy (non-hydrogen) atoms. The molecule has 0 aromatic heterocycles. The first-order valence-electron chi connectivity index (χ1n) is 3.81. The molecular formula is C8H9N2O. The summed E-state index contributed by atoms with van der Waals surface area (Å²) >= 11 is 0. The van der Waals surface area contributed by atoms with Crippen LogP contribution in [0.2, 0.25) is 0 Å². The van der Waals surface area contributed by atoms with Crippen LogP contribution in [0.1, 0.15) is 26.2 Å².